The standard InChI is InChI=1S/C58H36N4O/c1-3-17-37(18-4-1)47-36-48(60-58(59-47)38-19-5-2-6-20-38)39-31-33-53(62-52-29-15-10-25-45(52)56-54(62)34-32-44-43-24-11-16-30-55(43)63-57(44)56)46(35-39)42-23-9-14-28-51(42)61-49-26-12-7-21-40(49)41-22-8-13-27-50(41)61/h1-36H. The highest BCUT2D eigenvalue weighted by Crippen LogP contribution is 2.45. The molecule has 9 aromatic carbocycles. The van der Waals surface area contributed by atoms with Crippen LogP contribution in [-0.2, 0) is 0 Å². The summed E-state index contributed by atoms with van der Waals surface area (Å²) >= 11 is 0. The number of furan rings is 1. The Morgan fingerprint density at radius 1 is 0.333 bits per heavy atom. The number of para-hydroxylation sites is 5. The second-order valence-corrected chi connectivity index (χ2v) is 16.1. The number of aromatic nitrogens is 4. The molecular formula is C58H36N4O. The van der Waals surface area contributed by atoms with Gasteiger partial charge in [0.2, 0.25) is 0 Å². The van der Waals surface area contributed by atoms with E-state index in [1.165, 1.54) is 10.8 Å². The van der Waals surface area contributed by atoms with E-state index in [1.807, 2.05) is 30.3 Å². The quantitative estimate of drug-likeness (QED) is 0.168. The maximum Gasteiger partial charge on any atom is 0.160 e. The van der Waals surface area contributed by atoms with Crippen LogP contribution in [0.5, 0.6) is 0 Å². The van der Waals surface area contributed by atoms with Crippen molar-refractivity contribution < 1.29 is 4.42 Å². The van der Waals surface area contributed by atoms with Crippen LogP contribution < -0.4 is 0 Å². The van der Waals surface area contributed by atoms with Crippen molar-refractivity contribution in [2.24, 2.45) is 0 Å². The Morgan fingerprint density at radius 3 is 1.60 bits per heavy atom. The van der Waals surface area contributed by atoms with Crippen molar-refractivity contribution in [1.29, 1.82) is 0 Å². The number of fused-ring (bicyclic) bond motifs is 10. The number of hydrogen-bond donors (Lipinski definition) is 0. The van der Waals surface area contributed by atoms with Crippen LogP contribution in [0, 0.1) is 0 Å². The molecule has 63 heavy (non-hydrogen) atoms. The van der Waals surface area contributed by atoms with E-state index in [-0.39, 0.29) is 0 Å². The highest BCUT2D eigenvalue weighted by molar-refractivity contribution is 6.24. The maximum absolute atomic E-state index is 6.73. The first kappa shape index (κ1) is 35.2. The molecule has 294 valence electrons. The Balaban J connectivity index is 1.13. The minimum atomic E-state index is 0.681. The molecule has 0 atom stereocenters. The Hall–Kier alpha value is -8.54. The van der Waals surface area contributed by atoms with Gasteiger partial charge in [-0.25, -0.2) is 9.97 Å². The molecule has 5 nitrogen and oxygen atoms in total. The largest absolute Gasteiger partial charge is 0.455 e. The van der Waals surface area contributed by atoms with Crippen molar-refractivity contribution in [3.8, 4) is 56.4 Å². The molecule has 0 saturated heterocycles. The summed E-state index contributed by atoms with van der Waals surface area (Å²) in [6.07, 6.45) is 0. The van der Waals surface area contributed by atoms with Crippen LogP contribution in [0.25, 0.3) is 122 Å². The first-order valence-electron chi connectivity index (χ1n) is 21.3. The van der Waals surface area contributed by atoms with Crippen LogP contribution in [-0.4, -0.2) is 19.1 Å². The lowest BCUT2D eigenvalue weighted by Gasteiger charge is -2.20. The third kappa shape index (κ3) is 5.50. The van der Waals surface area contributed by atoms with Gasteiger partial charge in [-0.1, -0.05) is 158 Å². The highest BCUT2D eigenvalue weighted by atomic mass is 16.3. The molecule has 4 heterocycles. The molecule has 0 aliphatic heterocycles. The molecule has 0 bridgehead atoms. The topological polar surface area (TPSA) is 48.8 Å². The predicted octanol–water partition coefficient (Wildman–Crippen LogP) is 15.2. The van der Waals surface area contributed by atoms with Gasteiger partial charge in [0.05, 0.1) is 50.2 Å². The van der Waals surface area contributed by atoms with Crippen molar-refractivity contribution in [1.82, 2.24) is 19.1 Å². The first-order valence-corrected chi connectivity index (χ1v) is 21.3. The molecule has 0 fully saturated rings. The summed E-state index contributed by atoms with van der Waals surface area (Å²) in [6.45, 7) is 0. The van der Waals surface area contributed by atoms with Crippen molar-refractivity contribution in [3.05, 3.63) is 218 Å². The molecule has 0 radical (unpaired) electrons. The molecular weight excluding hydrogens is 769 g/mol. The maximum atomic E-state index is 6.73. The van der Waals surface area contributed by atoms with E-state index in [1.54, 1.807) is 0 Å². The number of benzene rings is 9. The Morgan fingerprint density at radius 2 is 0.873 bits per heavy atom. The first-order chi connectivity index (χ1) is 31.3. The summed E-state index contributed by atoms with van der Waals surface area (Å²) < 4.78 is 11.6. The lowest BCUT2D eigenvalue weighted by Crippen LogP contribution is -2.02. The minimum absolute atomic E-state index is 0.681. The molecule has 0 unspecified atom stereocenters. The van der Waals surface area contributed by atoms with E-state index in [9.17, 15) is 0 Å². The van der Waals surface area contributed by atoms with Gasteiger partial charge in [0.25, 0.3) is 0 Å². The Labute approximate surface area is 362 Å². The second kappa shape index (κ2) is 14.0. The molecule has 4 aromatic heterocycles. The van der Waals surface area contributed by atoms with Crippen LogP contribution in [0.2, 0.25) is 0 Å². The molecule has 0 N–H and O–H groups in total. The van der Waals surface area contributed by atoms with Crippen LogP contribution in [0.15, 0.2) is 223 Å². The fourth-order valence-electron chi connectivity index (χ4n) is 9.75. The fourth-order valence-corrected chi connectivity index (χ4v) is 9.75. The Bertz CT molecular complexity index is 3800. The van der Waals surface area contributed by atoms with Crippen LogP contribution >= 0.6 is 0 Å². The lowest BCUT2D eigenvalue weighted by molar-refractivity contribution is 0.673. The highest BCUT2D eigenvalue weighted by Gasteiger charge is 2.23. The van der Waals surface area contributed by atoms with Gasteiger partial charge in [-0.2, -0.15) is 0 Å². The summed E-state index contributed by atoms with van der Waals surface area (Å²) in [5, 5.41) is 6.90. The third-order valence-electron chi connectivity index (χ3n) is 12.6. The van der Waals surface area contributed by atoms with E-state index < -0.39 is 0 Å². The molecule has 0 saturated carbocycles. The van der Waals surface area contributed by atoms with Gasteiger partial charge in [-0.05, 0) is 60.7 Å². The summed E-state index contributed by atoms with van der Waals surface area (Å²) in [5.74, 6) is 0.681. The number of hydrogen-bond acceptors (Lipinski definition) is 3. The monoisotopic (exact) mass is 804 g/mol. The molecule has 0 aliphatic carbocycles. The van der Waals surface area contributed by atoms with E-state index in [0.29, 0.717) is 5.82 Å². The van der Waals surface area contributed by atoms with E-state index in [2.05, 4.69) is 197 Å². The zero-order chi connectivity index (χ0) is 41.4. The summed E-state index contributed by atoms with van der Waals surface area (Å²) in [7, 11) is 0. The summed E-state index contributed by atoms with van der Waals surface area (Å²) in [6, 6.07) is 77.3. The van der Waals surface area contributed by atoms with Crippen molar-refractivity contribution in [2.75, 3.05) is 0 Å². The summed E-state index contributed by atoms with van der Waals surface area (Å²) in [4.78, 5) is 10.4. The van der Waals surface area contributed by atoms with E-state index in [4.69, 9.17) is 14.4 Å². The second-order valence-electron chi connectivity index (χ2n) is 16.1. The van der Waals surface area contributed by atoms with Gasteiger partial charge in [0.15, 0.2) is 5.82 Å². The van der Waals surface area contributed by atoms with Gasteiger partial charge < -0.3 is 13.6 Å². The zero-order valence-corrected chi connectivity index (χ0v) is 34.0. The average molecular weight is 805 g/mol. The van der Waals surface area contributed by atoms with Gasteiger partial charge in [0, 0.05) is 54.7 Å². The molecule has 0 amide bonds. The smallest absolute Gasteiger partial charge is 0.160 e. The minimum Gasteiger partial charge on any atom is -0.455 e. The average Bonchev–Trinajstić information content (AvgIpc) is 4.02. The normalized spacial score (nSPS) is 11.8. The fraction of sp³-hybridized carbons (Fsp3) is 0. The lowest BCUT2D eigenvalue weighted by atomic mass is 9.96. The number of rotatable bonds is 6. The Kier molecular flexibility index (Phi) is 7.84. The van der Waals surface area contributed by atoms with E-state index >= 15 is 0 Å². The molecule has 13 rings (SSSR count). The third-order valence-corrected chi connectivity index (χ3v) is 12.6. The van der Waals surface area contributed by atoms with Crippen molar-refractivity contribution >= 4 is 65.6 Å². The van der Waals surface area contributed by atoms with Gasteiger partial charge in [0.1, 0.15) is 11.2 Å². The SMILES string of the molecule is c1ccc(-c2cc(-c3ccc(-n4c5ccccc5c5c6oc7ccccc7c6ccc54)c(-c4ccccc4-n4c5ccccc5c5ccccc54)c3)nc(-c3ccccc3)n2)cc1. The number of nitrogens with zero attached hydrogens (tertiary/aromatic N) is 4. The van der Waals surface area contributed by atoms with Crippen LogP contribution in [0.3, 0.4) is 0 Å². The van der Waals surface area contributed by atoms with Crippen molar-refractivity contribution in [3.63, 3.8) is 0 Å². The predicted molar refractivity (Wildman–Crippen MR) is 260 cm³/mol. The molecule has 0 spiro atoms. The molecule has 0 aliphatic rings. The zero-order valence-electron chi connectivity index (χ0n) is 34.0. The van der Waals surface area contributed by atoms with E-state index in [0.717, 1.165) is 105 Å². The molecule has 13 aromatic rings. The van der Waals surface area contributed by atoms with Gasteiger partial charge >= 0.3 is 0 Å². The molecule has 5 heteroatoms. The van der Waals surface area contributed by atoms with Crippen LogP contribution in [0.4, 0.5) is 0 Å². The summed E-state index contributed by atoms with van der Waals surface area (Å²) in [5.41, 5.74) is 15.3. The van der Waals surface area contributed by atoms with Crippen molar-refractivity contribution in [2.45, 2.75) is 0 Å². The van der Waals surface area contributed by atoms with Gasteiger partial charge in [-0.15, -0.1) is 0 Å². The van der Waals surface area contributed by atoms with Crippen LogP contribution in [0.1, 0.15) is 0 Å². The van der Waals surface area contributed by atoms with Gasteiger partial charge in [-0.3, -0.25) is 0 Å².